The van der Waals surface area contributed by atoms with Crippen molar-refractivity contribution in [2.75, 3.05) is 6.61 Å². The molecule has 4 nitrogen and oxygen atoms in total. The number of hydrogen-bond donors (Lipinski definition) is 0. The Labute approximate surface area is 144 Å². The van der Waals surface area contributed by atoms with Gasteiger partial charge in [-0.25, -0.2) is 4.98 Å². The van der Waals surface area contributed by atoms with Crippen molar-refractivity contribution < 1.29 is 9.47 Å². The monoisotopic (exact) mass is 328 g/mol. The van der Waals surface area contributed by atoms with Crippen molar-refractivity contribution in [3.63, 3.8) is 0 Å². The second-order valence-corrected chi connectivity index (χ2v) is 7.83. The van der Waals surface area contributed by atoms with Crippen LogP contribution in [0.3, 0.4) is 0 Å². The zero-order chi connectivity index (χ0) is 17.2. The molecule has 2 heterocycles. The Balaban J connectivity index is 1.67. The summed E-state index contributed by atoms with van der Waals surface area (Å²) in [5.74, 6) is -0.553. The summed E-state index contributed by atoms with van der Waals surface area (Å²) in [5, 5.41) is 0. The van der Waals surface area contributed by atoms with Crippen molar-refractivity contribution in [3.05, 3.63) is 54.1 Å². The van der Waals surface area contributed by atoms with Crippen LogP contribution in [0.15, 0.2) is 43.0 Å². The fraction of sp³-hybridized carbons (Fsp3) is 0.550. The van der Waals surface area contributed by atoms with Gasteiger partial charge < -0.3 is 14.0 Å². The summed E-state index contributed by atoms with van der Waals surface area (Å²) in [6.07, 6.45) is 7.47. The van der Waals surface area contributed by atoms with E-state index in [4.69, 9.17) is 9.47 Å². The molecule has 4 heteroatoms. The number of aryl methyl sites for hydroxylation is 1. The van der Waals surface area contributed by atoms with Crippen LogP contribution in [0.5, 0.6) is 0 Å². The van der Waals surface area contributed by atoms with Crippen LogP contribution >= 0.6 is 0 Å². The van der Waals surface area contributed by atoms with Crippen LogP contribution in [0.2, 0.25) is 0 Å². The van der Waals surface area contributed by atoms with Crippen molar-refractivity contribution >= 4 is 0 Å². The lowest BCUT2D eigenvalue weighted by atomic mass is 9.86. The van der Waals surface area contributed by atoms with Crippen LogP contribution in [0.4, 0.5) is 0 Å². The summed E-state index contributed by atoms with van der Waals surface area (Å²) in [6, 6.07) is 8.92. The minimum absolute atomic E-state index is 0.136. The fourth-order valence-electron chi connectivity index (χ4n) is 3.16. The Morgan fingerprint density at radius 3 is 2.54 bits per heavy atom. The number of nitrogens with zero attached hydrogens (tertiary/aromatic N) is 2. The number of aromatic nitrogens is 2. The van der Waals surface area contributed by atoms with Gasteiger partial charge in [-0.15, -0.1) is 0 Å². The van der Waals surface area contributed by atoms with E-state index in [1.165, 1.54) is 11.1 Å². The number of ether oxygens (including phenoxy) is 2. The maximum Gasteiger partial charge on any atom is 0.187 e. The molecule has 1 aromatic heterocycles. The van der Waals surface area contributed by atoms with Gasteiger partial charge in [0.25, 0.3) is 0 Å². The van der Waals surface area contributed by atoms with Crippen LogP contribution in [-0.4, -0.2) is 28.0 Å². The van der Waals surface area contributed by atoms with E-state index in [9.17, 15) is 0 Å². The van der Waals surface area contributed by atoms with Gasteiger partial charge in [0.2, 0.25) is 0 Å². The van der Waals surface area contributed by atoms with Crippen LogP contribution in [0.25, 0.3) is 0 Å². The third-order valence-corrected chi connectivity index (χ3v) is 4.59. The third-order valence-electron chi connectivity index (χ3n) is 4.59. The molecule has 0 radical (unpaired) electrons. The Morgan fingerprint density at radius 1 is 1.25 bits per heavy atom. The van der Waals surface area contributed by atoms with E-state index < -0.39 is 5.79 Å². The molecule has 2 aromatic rings. The number of rotatable bonds is 5. The Bertz CT molecular complexity index is 643. The van der Waals surface area contributed by atoms with E-state index in [1.54, 1.807) is 6.20 Å². The van der Waals surface area contributed by atoms with Crippen LogP contribution in [0.1, 0.15) is 45.2 Å². The average Bonchev–Trinajstić information content (AvgIpc) is 3.16. The molecule has 0 spiro atoms. The zero-order valence-electron chi connectivity index (χ0n) is 15.2. The summed E-state index contributed by atoms with van der Waals surface area (Å²) >= 11 is 0. The van der Waals surface area contributed by atoms with E-state index in [0.29, 0.717) is 13.2 Å². The van der Waals surface area contributed by atoms with E-state index in [1.807, 2.05) is 17.1 Å². The van der Waals surface area contributed by atoms with Gasteiger partial charge in [0.05, 0.1) is 25.6 Å². The van der Waals surface area contributed by atoms with Crippen LogP contribution < -0.4 is 0 Å². The Hall–Kier alpha value is -1.65. The van der Waals surface area contributed by atoms with Gasteiger partial charge >= 0.3 is 0 Å². The molecular formula is C20H28N2O2. The van der Waals surface area contributed by atoms with Crippen LogP contribution in [-0.2, 0) is 27.9 Å². The van der Waals surface area contributed by atoms with Gasteiger partial charge in [0, 0.05) is 18.8 Å². The SMILES string of the molecule is CC1COC(CCc2ccc(C(C)(C)C)cc2)(Cn2ccnc2)O1. The predicted octanol–water partition coefficient (Wildman–Crippen LogP) is 3.95. The predicted molar refractivity (Wildman–Crippen MR) is 94.9 cm³/mol. The molecule has 130 valence electrons. The summed E-state index contributed by atoms with van der Waals surface area (Å²) in [6.45, 7) is 10.1. The highest BCUT2D eigenvalue weighted by Crippen LogP contribution is 2.31. The highest BCUT2D eigenvalue weighted by atomic mass is 16.7. The van der Waals surface area contributed by atoms with E-state index in [2.05, 4.69) is 56.9 Å². The summed E-state index contributed by atoms with van der Waals surface area (Å²) in [7, 11) is 0. The summed E-state index contributed by atoms with van der Waals surface area (Å²) in [4.78, 5) is 4.12. The summed E-state index contributed by atoms with van der Waals surface area (Å²) < 4.78 is 14.2. The standard InChI is InChI=1S/C20H28N2O2/c1-16-13-23-20(24-16,14-22-12-11-21-15-22)10-9-17-5-7-18(8-6-17)19(2,3)4/h5-8,11-12,15-16H,9-10,13-14H2,1-4H3. The average molecular weight is 328 g/mol. The molecule has 2 atom stereocenters. The van der Waals surface area contributed by atoms with Gasteiger partial charge in [0.15, 0.2) is 5.79 Å². The van der Waals surface area contributed by atoms with Gasteiger partial charge in [-0.2, -0.15) is 0 Å². The van der Waals surface area contributed by atoms with Crippen molar-refractivity contribution in [2.24, 2.45) is 0 Å². The molecule has 0 N–H and O–H groups in total. The first-order valence-corrected chi connectivity index (χ1v) is 8.73. The minimum Gasteiger partial charge on any atom is -0.345 e. The normalized spacial score (nSPS) is 24.4. The largest absolute Gasteiger partial charge is 0.345 e. The number of hydrogen-bond acceptors (Lipinski definition) is 3. The molecule has 0 aliphatic carbocycles. The van der Waals surface area contributed by atoms with Gasteiger partial charge in [-0.05, 0) is 29.9 Å². The highest BCUT2D eigenvalue weighted by Gasteiger charge is 2.39. The van der Waals surface area contributed by atoms with Gasteiger partial charge in [-0.1, -0.05) is 45.0 Å². The van der Waals surface area contributed by atoms with Crippen molar-refractivity contribution in [1.29, 1.82) is 0 Å². The molecule has 2 unspecified atom stereocenters. The maximum atomic E-state index is 6.15. The van der Waals surface area contributed by atoms with Gasteiger partial charge in [0.1, 0.15) is 0 Å². The lowest BCUT2D eigenvalue weighted by molar-refractivity contribution is -0.180. The molecule has 0 amide bonds. The molecule has 1 saturated heterocycles. The van der Waals surface area contributed by atoms with E-state index >= 15 is 0 Å². The maximum absolute atomic E-state index is 6.15. The molecule has 1 aliphatic heterocycles. The fourth-order valence-corrected chi connectivity index (χ4v) is 3.16. The van der Waals surface area contributed by atoms with E-state index in [0.717, 1.165) is 12.8 Å². The molecule has 0 bridgehead atoms. The van der Waals surface area contributed by atoms with Crippen molar-refractivity contribution in [3.8, 4) is 0 Å². The number of imidazole rings is 1. The van der Waals surface area contributed by atoms with Crippen molar-refractivity contribution in [2.45, 2.75) is 64.4 Å². The molecule has 24 heavy (non-hydrogen) atoms. The topological polar surface area (TPSA) is 36.3 Å². The number of benzene rings is 1. The molecule has 0 saturated carbocycles. The molecule has 1 aliphatic rings. The van der Waals surface area contributed by atoms with Gasteiger partial charge in [-0.3, -0.25) is 0 Å². The molecule has 1 aromatic carbocycles. The molecule has 1 fully saturated rings. The zero-order valence-corrected chi connectivity index (χ0v) is 15.2. The second-order valence-electron chi connectivity index (χ2n) is 7.83. The van der Waals surface area contributed by atoms with E-state index in [-0.39, 0.29) is 11.5 Å². The lowest BCUT2D eigenvalue weighted by Crippen LogP contribution is -2.36. The first kappa shape index (κ1) is 17.2. The minimum atomic E-state index is -0.553. The molecular weight excluding hydrogens is 300 g/mol. The second kappa shape index (κ2) is 6.69. The first-order valence-electron chi connectivity index (χ1n) is 8.73. The third kappa shape index (κ3) is 4.05. The summed E-state index contributed by atoms with van der Waals surface area (Å²) in [5.41, 5.74) is 2.87. The highest BCUT2D eigenvalue weighted by molar-refractivity contribution is 5.27. The molecule has 3 rings (SSSR count). The first-order chi connectivity index (χ1) is 11.4. The Morgan fingerprint density at radius 2 is 2.00 bits per heavy atom. The quantitative estimate of drug-likeness (QED) is 0.834. The lowest BCUT2D eigenvalue weighted by Gasteiger charge is -2.28. The van der Waals surface area contributed by atoms with Crippen molar-refractivity contribution in [1.82, 2.24) is 9.55 Å². The Kier molecular flexibility index (Phi) is 4.79. The van der Waals surface area contributed by atoms with Crippen LogP contribution in [0, 0.1) is 0 Å². The smallest absolute Gasteiger partial charge is 0.187 e.